The second kappa shape index (κ2) is 5.46. The van der Waals surface area contributed by atoms with Gasteiger partial charge in [-0.3, -0.25) is 0 Å². The van der Waals surface area contributed by atoms with Crippen molar-refractivity contribution >= 4 is 0 Å². The summed E-state index contributed by atoms with van der Waals surface area (Å²) in [4.78, 5) is 0. The van der Waals surface area contributed by atoms with E-state index in [9.17, 15) is 0 Å². The minimum Gasteiger partial charge on any atom is -0.492 e. The molecular formula is C11H16NO4. The van der Waals surface area contributed by atoms with E-state index in [-0.39, 0.29) is 6.54 Å². The van der Waals surface area contributed by atoms with Crippen LogP contribution in [-0.2, 0) is 6.54 Å². The Morgan fingerprint density at radius 3 is 1.81 bits per heavy atom. The normalized spacial score (nSPS) is 9.81. The van der Waals surface area contributed by atoms with Crippen LogP contribution < -0.4 is 24.7 Å². The molecule has 0 saturated heterocycles. The molecule has 0 aliphatic rings. The van der Waals surface area contributed by atoms with Gasteiger partial charge in [0.1, 0.15) is 0 Å². The molecule has 0 bridgehead atoms. The Morgan fingerprint density at radius 1 is 0.875 bits per heavy atom. The molecule has 0 aromatic heterocycles. The van der Waals surface area contributed by atoms with Crippen LogP contribution in [0.3, 0.4) is 0 Å². The second-order valence-electron chi connectivity index (χ2n) is 2.94. The van der Waals surface area contributed by atoms with Crippen molar-refractivity contribution in [3.8, 4) is 23.0 Å². The first kappa shape index (κ1) is 12.4. The summed E-state index contributed by atoms with van der Waals surface area (Å²) in [5.74, 6) is 1.86. The van der Waals surface area contributed by atoms with E-state index in [0.717, 1.165) is 0 Å². The molecule has 0 fully saturated rings. The van der Waals surface area contributed by atoms with Crippen molar-refractivity contribution in [2.45, 2.75) is 6.54 Å². The summed E-state index contributed by atoms with van der Waals surface area (Å²) < 4.78 is 20.8. The van der Waals surface area contributed by atoms with E-state index < -0.39 is 0 Å². The van der Waals surface area contributed by atoms with Crippen LogP contribution in [-0.4, -0.2) is 28.4 Å². The predicted molar refractivity (Wildman–Crippen MR) is 59.4 cm³/mol. The lowest BCUT2D eigenvalue weighted by Gasteiger charge is -2.17. The number of benzene rings is 1. The average molecular weight is 226 g/mol. The van der Waals surface area contributed by atoms with Gasteiger partial charge in [-0.1, -0.05) is 0 Å². The summed E-state index contributed by atoms with van der Waals surface area (Å²) in [5, 5.41) is 0. The lowest BCUT2D eigenvalue weighted by molar-refractivity contribution is 0.303. The zero-order valence-corrected chi connectivity index (χ0v) is 9.92. The SMILES string of the molecule is COc1[c]c(CN)c(OC)c(OC)c1OC. The Kier molecular flexibility index (Phi) is 4.25. The van der Waals surface area contributed by atoms with Crippen LogP contribution in [0.5, 0.6) is 23.0 Å². The number of nitrogens with two attached hydrogens (primary N) is 1. The van der Waals surface area contributed by atoms with E-state index in [4.69, 9.17) is 24.7 Å². The smallest absolute Gasteiger partial charge is 0.207 e. The van der Waals surface area contributed by atoms with Crippen LogP contribution in [0.25, 0.3) is 0 Å². The molecule has 0 aliphatic carbocycles. The number of methoxy groups -OCH3 is 4. The maximum absolute atomic E-state index is 5.60. The molecule has 1 aromatic rings. The number of hydrogen-bond acceptors (Lipinski definition) is 5. The molecule has 16 heavy (non-hydrogen) atoms. The maximum atomic E-state index is 5.60. The minimum absolute atomic E-state index is 0.278. The van der Waals surface area contributed by atoms with Crippen molar-refractivity contribution in [3.05, 3.63) is 11.6 Å². The monoisotopic (exact) mass is 226 g/mol. The number of rotatable bonds is 5. The lowest BCUT2D eigenvalue weighted by atomic mass is 10.1. The van der Waals surface area contributed by atoms with E-state index in [2.05, 4.69) is 6.07 Å². The zero-order valence-electron chi connectivity index (χ0n) is 9.92. The highest BCUT2D eigenvalue weighted by Crippen LogP contribution is 2.45. The quantitative estimate of drug-likeness (QED) is 0.810. The zero-order chi connectivity index (χ0) is 12.1. The van der Waals surface area contributed by atoms with Crippen molar-refractivity contribution < 1.29 is 18.9 Å². The van der Waals surface area contributed by atoms with Gasteiger partial charge in [-0.2, -0.15) is 0 Å². The highest BCUT2D eigenvalue weighted by molar-refractivity contribution is 5.62. The van der Waals surface area contributed by atoms with E-state index in [1.807, 2.05) is 0 Å². The fourth-order valence-electron chi connectivity index (χ4n) is 1.47. The molecule has 1 aromatic carbocycles. The van der Waals surface area contributed by atoms with E-state index >= 15 is 0 Å². The van der Waals surface area contributed by atoms with E-state index in [0.29, 0.717) is 28.6 Å². The summed E-state index contributed by atoms with van der Waals surface area (Å²) >= 11 is 0. The number of hydrogen-bond donors (Lipinski definition) is 1. The molecule has 0 unspecified atom stereocenters. The Hall–Kier alpha value is -1.62. The molecule has 0 spiro atoms. The van der Waals surface area contributed by atoms with Crippen molar-refractivity contribution in [1.29, 1.82) is 0 Å². The van der Waals surface area contributed by atoms with E-state index in [1.165, 1.54) is 28.4 Å². The molecule has 0 atom stereocenters. The minimum atomic E-state index is 0.278. The van der Waals surface area contributed by atoms with Crippen LogP contribution >= 0.6 is 0 Å². The summed E-state index contributed by atoms with van der Waals surface area (Å²) in [6, 6.07) is 2.98. The van der Waals surface area contributed by atoms with Gasteiger partial charge in [0.05, 0.1) is 28.4 Å². The molecule has 0 heterocycles. The fraction of sp³-hybridized carbons (Fsp3) is 0.455. The van der Waals surface area contributed by atoms with Gasteiger partial charge in [-0.15, -0.1) is 0 Å². The average Bonchev–Trinajstić information content (AvgIpc) is 2.35. The van der Waals surface area contributed by atoms with Crippen LogP contribution in [0.2, 0.25) is 0 Å². The summed E-state index contributed by atoms with van der Waals surface area (Å²) in [6.45, 7) is 0.278. The molecule has 5 heteroatoms. The summed E-state index contributed by atoms with van der Waals surface area (Å²) in [7, 11) is 6.12. The fourth-order valence-corrected chi connectivity index (χ4v) is 1.47. The topological polar surface area (TPSA) is 62.9 Å². The molecule has 2 N–H and O–H groups in total. The van der Waals surface area contributed by atoms with E-state index in [1.54, 1.807) is 0 Å². The first-order valence-corrected chi connectivity index (χ1v) is 4.71. The van der Waals surface area contributed by atoms with Gasteiger partial charge < -0.3 is 24.7 Å². The molecule has 0 amide bonds. The lowest BCUT2D eigenvalue weighted by Crippen LogP contribution is -2.05. The van der Waals surface area contributed by atoms with Crippen molar-refractivity contribution in [2.75, 3.05) is 28.4 Å². The van der Waals surface area contributed by atoms with Gasteiger partial charge in [0, 0.05) is 18.2 Å². The Balaban J connectivity index is 3.47. The second-order valence-corrected chi connectivity index (χ2v) is 2.94. The maximum Gasteiger partial charge on any atom is 0.207 e. The molecule has 89 valence electrons. The highest BCUT2D eigenvalue weighted by atomic mass is 16.5. The molecule has 1 rings (SSSR count). The first-order chi connectivity index (χ1) is 7.73. The summed E-state index contributed by atoms with van der Waals surface area (Å²) in [5.41, 5.74) is 6.28. The Labute approximate surface area is 95.1 Å². The third-order valence-corrected chi connectivity index (χ3v) is 2.18. The summed E-state index contributed by atoms with van der Waals surface area (Å²) in [6.07, 6.45) is 0. The Morgan fingerprint density at radius 2 is 1.44 bits per heavy atom. The van der Waals surface area contributed by atoms with Crippen LogP contribution in [0.4, 0.5) is 0 Å². The first-order valence-electron chi connectivity index (χ1n) is 4.71. The van der Waals surface area contributed by atoms with Crippen LogP contribution in [0.15, 0.2) is 0 Å². The largest absolute Gasteiger partial charge is 0.492 e. The molecule has 0 saturated carbocycles. The van der Waals surface area contributed by atoms with Crippen LogP contribution in [0.1, 0.15) is 5.56 Å². The third-order valence-electron chi connectivity index (χ3n) is 2.18. The third kappa shape index (κ3) is 1.99. The predicted octanol–water partition coefficient (Wildman–Crippen LogP) is 0.980. The molecule has 5 nitrogen and oxygen atoms in total. The molecule has 1 radical (unpaired) electrons. The van der Waals surface area contributed by atoms with Gasteiger partial charge in [-0.25, -0.2) is 0 Å². The van der Waals surface area contributed by atoms with Gasteiger partial charge in [0.25, 0.3) is 0 Å². The van der Waals surface area contributed by atoms with Gasteiger partial charge in [0.2, 0.25) is 11.5 Å². The van der Waals surface area contributed by atoms with Crippen molar-refractivity contribution in [1.82, 2.24) is 0 Å². The Bertz CT molecular complexity index is 335. The molecule has 0 aliphatic heterocycles. The van der Waals surface area contributed by atoms with Gasteiger partial charge >= 0.3 is 0 Å². The molecular weight excluding hydrogens is 210 g/mol. The van der Waals surface area contributed by atoms with Gasteiger partial charge in [-0.05, 0) is 0 Å². The van der Waals surface area contributed by atoms with Crippen LogP contribution in [0, 0.1) is 6.07 Å². The standard InChI is InChI=1S/C11H16NO4/c1-13-8-5-7(6-12)9(14-2)11(16-4)10(8)15-3/h6,12H2,1-4H3. The van der Waals surface area contributed by atoms with Crippen molar-refractivity contribution in [2.24, 2.45) is 5.73 Å². The number of ether oxygens (including phenoxy) is 4. The highest BCUT2D eigenvalue weighted by Gasteiger charge is 2.20. The van der Waals surface area contributed by atoms with Crippen molar-refractivity contribution in [3.63, 3.8) is 0 Å². The van der Waals surface area contributed by atoms with Gasteiger partial charge in [0.15, 0.2) is 11.5 Å².